The van der Waals surface area contributed by atoms with E-state index < -0.39 is 58.9 Å². The van der Waals surface area contributed by atoms with Crippen molar-refractivity contribution in [3.8, 4) is 0 Å². The highest BCUT2D eigenvalue weighted by atomic mass is 35.5. The number of nitrogens with one attached hydrogen (secondary N) is 1. The summed E-state index contributed by atoms with van der Waals surface area (Å²) in [5.74, 6) is -2.65. The van der Waals surface area contributed by atoms with E-state index >= 15 is 0 Å². The number of methoxy groups -OCH3 is 1. The molecule has 0 spiro atoms. The lowest BCUT2D eigenvalue weighted by atomic mass is 9.78. The fourth-order valence-corrected chi connectivity index (χ4v) is 6.96. The lowest BCUT2D eigenvalue weighted by Crippen LogP contribution is -2.64. The second kappa shape index (κ2) is 13.8. The summed E-state index contributed by atoms with van der Waals surface area (Å²) >= 11 is 0. The topological polar surface area (TPSA) is 196 Å². The molecule has 3 aliphatic rings. The van der Waals surface area contributed by atoms with Crippen LogP contribution in [0.15, 0.2) is 6.20 Å². The maximum Gasteiger partial charge on any atom is 0.287 e. The molecule has 2 saturated carbocycles. The Morgan fingerprint density at radius 3 is 2.33 bits per heavy atom. The van der Waals surface area contributed by atoms with Crippen LogP contribution in [0.5, 0.6) is 0 Å². The van der Waals surface area contributed by atoms with Crippen LogP contribution in [0.1, 0.15) is 96.2 Å². The number of ketones is 1. The average Bonchev–Trinajstić information content (AvgIpc) is 3.58. The van der Waals surface area contributed by atoms with Gasteiger partial charge in [0, 0.05) is 13.7 Å². The number of Topliss-reactive ketones (excluding diaryl/α,β-unsaturated/α-hetero) is 1. The minimum atomic E-state index is -1.44. The van der Waals surface area contributed by atoms with Gasteiger partial charge in [0.2, 0.25) is 17.6 Å². The molecule has 1 aromatic rings. The van der Waals surface area contributed by atoms with Crippen LogP contribution >= 0.6 is 12.4 Å². The van der Waals surface area contributed by atoms with Crippen LogP contribution in [-0.4, -0.2) is 85.9 Å². The van der Waals surface area contributed by atoms with Gasteiger partial charge in [0.1, 0.15) is 29.3 Å². The van der Waals surface area contributed by atoms with Gasteiger partial charge in [-0.05, 0) is 39.0 Å². The Kier molecular flexibility index (Phi) is 11.1. The predicted octanol–water partition coefficient (Wildman–Crippen LogP) is 0.865. The van der Waals surface area contributed by atoms with Crippen molar-refractivity contribution in [3.05, 3.63) is 11.9 Å². The van der Waals surface area contributed by atoms with E-state index in [1.54, 1.807) is 13.8 Å². The van der Waals surface area contributed by atoms with Crippen molar-refractivity contribution in [3.63, 3.8) is 0 Å². The maximum atomic E-state index is 14.1. The molecule has 3 unspecified atom stereocenters. The first-order valence-electron chi connectivity index (χ1n) is 14.8. The molecule has 2 aliphatic carbocycles. The third-order valence-electron chi connectivity index (χ3n) is 9.11. The molecule has 2 heterocycles. The van der Waals surface area contributed by atoms with Gasteiger partial charge in [0.15, 0.2) is 0 Å². The standard InChI is InChI=1S/C28H45N7O6.ClH/c1-27(2,40)20-15-31-33-35(20)19-16-34(26(39)18(29)14-17-10-6-4-7-11-17)21(22(19)41-3)25(38)32-28(23(36)24(30)37)12-8-5-9-13-28;/h15,17-19,21-22,40H,4-14,16,29H2,1-3H3,(H2,30,37)(H,32,38);1H/t18-,19?,21?,22?;/m1./s1. The van der Waals surface area contributed by atoms with E-state index in [9.17, 15) is 24.3 Å². The normalized spacial score (nSPS) is 25.4. The van der Waals surface area contributed by atoms with Gasteiger partial charge in [-0.3, -0.25) is 19.2 Å². The molecule has 4 atom stereocenters. The molecule has 0 radical (unpaired) electrons. The van der Waals surface area contributed by atoms with Gasteiger partial charge in [-0.1, -0.05) is 56.6 Å². The summed E-state index contributed by atoms with van der Waals surface area (Å²) in [5.41, 5.74) is 9.51. The summed E-state index contributed by atoms with van der Waals surface area (Å²) in [6.45, 7) is 3.21. The molecule has 14 heteroatoms. The van der Waals surface area contributed by atoms with Gasteiger partial charge in [-0.15, -0.1) is 17.5 Å². The van der Waals surface area contributed by atoms with Crippen molar-refractivity contribution in [1.82, 2.24) is 25.2 Å². The number of likely N-dealkylation sites (tertiary alicyclic amines) is 1. The second-order valence-electron chi connectivity index (χ2n) is 12.5. The number of halogens is 1. The first-order valence-corrected chi connectivity index (χ1v) is 14.8. The molecular weight excluding hydrogens is 566 g/mol. The van der Waals surface area contributed by atoms with E-state index in [2.05, 4.69) is 15.6 Å². The minimum Gasteiger partial charge on any atom is -0.384 e. The quantitative estimate of drug-likeness (QED) is 0.277. The summed E-state index contributed by atoms with van der Waals surface area (Å²) in [4.78, 5) is 54.4. The Balaban J connectivity index is 0.00000484. The summed E-state index contributed by atoms with van der Waals surface area (Å²) in [7, 11) is 1.43. The molecular formula is C28H46ClN7O6. The molecule has 6 N–H and O–H groups in total. The van der Waals surface area contributed by atoms with E-state index in [1.807, 2.05) is 0 Å². The number of carbonyl (C=O) groups excluding carboxylic acids is 4. The molecule has 13 nitrogen and oxygen atoms in total. The SMILES string of the molecule is COC1C(C(=O)NC2(C(=O)C(N)=O)CCCCC2)N(C(=O)[C@H](N)CC2CCCCC2)CC1n1nncc1C(C)(C)O.Cl. The molecule has 42 heavy (non-hydrogen) atoms. The van der Waals surface area contributed by atoms with Gasteiger partial charge in [0.25, 0.3) is 5.91 Å². The highest BCUT2D eigenvalue weighted by Gasteiger charge is 2.53. The molecule has 1 saturated heterocycles. The second-order valence-corrected chi connectivity index (χ2v) is 12.5. The number of aliphatic hydroxyl groups is 1. The number of nitrogens with zero attached hydrogens (tertiary/aromatic N) is 4. The van der Waals surface area contributed by atoms with Gasteiger partial charge >= 0.3 is 0 Å². The molecule has 3 amide bonds. The number of rotatable bonds is 10. The molecule has 3 fully saturated rings. The van der Waals surface area contributed by atoms with Gasteiger partial charge in [-0.25, -0.2) is 4.68 Å². The van der Waals surface area contributed by atoms with Crippen molar-refractivity contribution in [2.45, 2.75) is 120 Å². The third kappa shape index (κ3) is 6.95. The maximum absolute atomic E-state index is 14.1. The Morgan fingerprint density at radius 2 is 1.76 bits per heavy atom. The first kappa shape index (κ1) is 33.9. The number of hydrogen-bond donors (Lipinski definition) is 4. The van der Waals surface area contributed by atoms with Crippen LogP contribution < -0.4 is 16.8 Å². The van der Waals surface area contributed by atoms with Crippen LogP contribution in [-0.2, 0) is 29.5 Å². The molecule has 0 bridgehead atoms. The number of primary amides is 1. The van der Waals surface area contributed by atoms with Crippen LogP contribution in [0.25, 0.3) is 0 Å². The summed E-state index contributed by atoms with van der Waals surface area (Å²) in [6.07, 6.45) is 9.15. The monoisotopic (exact) mass is 611 g/mol. The van der Waals surface area contributed by atoms with Gasteiger partial charge in [0.05, 0.1) is 17.9 Å². The van der Waals surface area contributed by atoms with E-state index in [0.717, 1.165) is 32.1 Å². The fourth-order valence-electron chi connectivity index (χ4n) is 6.96. The van der Waals surface area contributed by atoms with Crippen LogP contribution in [0.3, 0.4) is 0 Å². The molecule has 0 aromatic carbocycles. The van der Waals surface area contributed by atoms with Crippen molar-refractivity contribution >= 4 is 35.9 Å². The number of hydrogen-bond acceptors (Lipinski definition) is 9. The zero-order valence-electron chi connectivity index (χ0n) is 24.8. The van der Waals surface area contributed by atoms with E-state index in [4.69, 9.17) is 16.2 Å². The van der Waals surface area contributed by atoms with Crippen molar-refractivity contribution in [2.24, 2.45) is 17.4 Å². The van der Waals surface area contributed by atoms with Crippen LogP contribution in [0.4, 0.5) is 0 Å². The number of amides is 3. The molecule has 1 aromatic heterocycles. The predicted molar refractivity (Wildman–Crippen MR) is 155 cm³/mol. The number of ether oxygens (including phenoxy) is 1. The number of nitrogens with two attached hydrogens (primary N) is 2. The smallest absolute Gasteiger partial charge is 0.287 e. The number of aromatic nitrogens is 3. The van der Waals surface area contributed by atoms with Crippen LogP contribution in [0, 0.1) is 5.92 Å². The molecule has 4 rings (SSSR count). The summed E-state index contributed by atoms with van der Waals surface area (Å²) in [6, 6.07) is -2.68. The third-order valence-corrected chi connectivity index (χ3v) is 9.11. The Hall–Kier alpha value is -2.61. The van der Waals surface area contributed by atoms with E-state index in [0.29, 0.717) is 30.9 Å². The van der Waals surface area contributed by atoms with Crippen molar-refractivity contribution < 1.29 is 29.0 Å². The zero-order valence-corrected chi connectivity index (χ0v) is 25.6. The highest BCUT2D eigenvalue weighted by molar-refractivity contribution is 6.39. The summed E-state index contributed by atoms with van der Waals surface area (Å²) in [5, 5.41) is 21.8. The minimum absolute atomic E-state index is 0. The van der Waals surface area contributed by atoms with E-state index in [1.165, 1.54) is 29.3 Å². The van der Waals surface area contributed by atoms with Crippen molar-refractivity contribution in [2.75, 3.05) is 13.7 Å². The Labute approximate surface area is 252 Å². The highest BCUT2D eigenvalue weighted by Crippen LogP contribution is 2.36. The van der Waals surface area contributed by atoms with Gasteiger partial charge < -0.3 is 31.5 Å². The number of carbonyl (C=O) groups is 4. The van der Waals surface area contributed by atoms with Crippen molar-refractivity contribution in [1.29, 1.82) is 0 Å². The first-order chi connectivity index (χ1) is 19.4. The summed E-state index contributed by atoms with van der Waals surface area (Å²) < 4.78 is 7.33. The lowest BCUT2D eigenvalue weighted by molar-refractivity contribution is -0.147. The zero-order chi connectivity index (χ0) is 29.9. The lowest BCUT2D eigenvalue weighted by Gasteiger charge is -2.38. The van der Waals surface area contributed by atoms with Crippen LogP contribution in [0.2, 0.25) is 0 Å². The molecule has 1 aliphatic heterocycles. The van der Waals surface area contributed by atoms with Gasteiger partial charge in [-0.2, -0.15) is 0 Å². The largest absolute Gasteiger partial charge is 0.384 e. The Bertz CT molecular complexity index is 1130. The fraction of sp³-hybridized carbons (Fsp3) is 0.786. The average molecular weight is 612 g/mol. The Morgan fingerprint density at radius 1 is 1.14 bits per heavy atom. The van der Waals surface area contributed by atoms with E-state index in [-0.39, 0.29) is 31.8 Å². The molecule has 236 valence electrons.